The van der Waals surface area contributed by atoms with E-state index in [4.69, 9.17) is 4.74 Å². The van der Waals surface area contributed by atoms with Crippen molar-refractivity contribution in [3.8, 4) is 0 Å². The third-order valence-electron chi connectivity index (χ3n) is 5.60. The lowest BCUT2D eigenvalue weighted by Gasteiger charge is -2.35. The molecule has 0 bridgehead atoms. The van der Waals surface area contributed by atoms with Crippen molar-refractivity contribution in [3.05, 3.63) is 0 Å². The van der Waals surface area contributed by atoms with Crippen LogP contribution in [0.25, 0.3) is 0 Å². The molecule has 0 radical (unpaired) electrons. The molecule has 5 atom stereocenters. The number of aliphatic carboxylic acids is 1. The van der Waals surface area contributed by atoms with Gasteiger partial charge < -0.3 is 14.7 Å². The molecule has 7 nitrogen and oxygen atoms in total. The van der Waals surface area contributed by atoms with Crippen molar-refractivity contribution in [2.24, 2.45) is 5.92 Å². The summed E-state index contributed by atoms with van der Waals surface area (Å²) in [6.45, 7) is 5.72. The predicted octanol–water partition coefficient (Wildman–Crippen LogP) is 2.17. The fourth-order valence-corrected chi connectivity index (χ4v) is 4.39. The first-order valence-electron chi connectivity index (χ1n) is 9.88. The number of likely N-dealkylation sites (tertiary alicyclic amines) is 1. The minimum absolute atomic E-state index is 0. The molecular formula is C19H36N2O5S2. The molecule has 0 aromatic heterocycles. The first-order valence-corrected chi connectivity index (χ1v) is 9.88. The van der Waals surface area contributed by atoms with Crippen molar-refractivity contribution in [2.45, 2.75) is 89.9 Å². The molecule has 0 aromatic rings. The monoisotopic (exact) mass is 436 g/mol. The maximum atomic E-state index is 13.1. The molecule has 1 heterocycles. The molecule has 0 unspecified atom stereocenters. The molecule has 2 N–H and O–H groups in total. The van der Waals surface area contributed by atoms with E-state index in [0.717, 1.165) is 32.1 Å². The number of carboxylic acid groups (broad SMARTS) is 1. The Morgan fingerprint density at radius 2 is 1.82 bits per heavy atom. The summed E-state index contributed by atoms with van der Waals surface area (Å²) >= 11 is 0. The van der Waals surface area contributed by atoms with Gasteiger partial charge in [-0.05, 0) is 45.4 Å². The van der Waals surface area contributed by atoms with E-state index in [-0.39, 0.29) is 50.8 Å². The maximum Gasteiger partial charge on any atom is 0.326 e. The standard InChI is InChI=1S/C19H32N2O5.2H2S/c1-4-8-14(19(25)26-5-2)20-12(3)17(22)21-15-10-7-6-9-13(15)11-16(21)18(23)24;;/h12-16,20H,4-11H2,1-3H3,(H,23,24);2*1H2/t12-,13-,14+,15-,16-;;/m0../s1. The van der Waals surface area contributed by atoms with Crippen molar-refractivity contribution < 1.29 is 24.2 Å². The van der Waals surface area contributed by atoms with Gasteiger partial charge in [-0.3, -0.25) is 14.9 Å². The average Bonchev–Trinajstić information content (AvgIpc) is 3.00. The third-order valence-corrected chi connectivity index (χ3v) is 5.60. The normalized spacial score (nSPS) is 25.5. The van der Waals surface area contributed by atoms with Crippen molar-refractivity contribution in [2.75, 3.05) is 6.61 Å². The Bertz CT molecular complexity index is 534. The number of nitrogens with zero attached hydrogens (tertiary/aromatic N) is 1. The summed E-state index contributed by atoms with van der Waals surface area (Å²) in [5.41, 5.74) is 0. The molecule has 2 fully saturated rings. The number of amides is 1. The minimum Gasteiger partial charge on any atom is -0.480 e. The lowest BCUT2D eigenvalue weighted by atomic mass is 9.84. The number of nitrogens with one attached hydrogen (secondary N) is 1. The summed E-state index contributed by atoms with van der Waals surface area (Å²) in [4.78, 5) is 38.5. The van der Waals surface area contributed by atoms with E-state index in [9.17, 15) is 19.5 Å². The molecular weight excluding hydrogens is 400 g/mol. The summed E-state index contributed by atoms with van der Waals surface area (Å²) < 4.78 is 5.09. The van der Waals surface area contributed by atoms with E-state index in [2.05, 4.69) is 5.32 Å². The van der Waals surface area contributed by atoms with Gasteiger partial charge in [0.15, 0.2) is 0 Å². The molecule has 1 amide bonds. The van der Waals surface area contributed by atoms with Crippen LogP contribution in [0.1, 0.15) is 65.7 Å². The van der Waals surface area contributed by atoms with Gasteiger partial charge in [0.25, 0.3) is 0 Å². The second kappa shape index (κ2) is 12.6. The van der Waals surface area contributed by atoms with Crippen LogP contribution in [-0.4, -0.2) is 58.6 Å². The molecule has 9 heteroatoms. The summed E-state index contributed by atoms with van der Waals surface area (Å²) in [5, 5.41) is 12.7. The highest BCUT2D eigenvalue weighted by Crippen LogP contribution is 2.40. The van der Waals surface area contributed by atoms with Gasteiger partial charge in [-0.25, -0.2) is 4.79 Å². The zero-order valence-corrected chi connectivity index (χ0v) is 19.1. The SMILES string of the molecule is CCC[C@@H](N[C@@H](C)C(=O)N1[C@H](C(=O)O)C[C@@H]2CCCC[C@@H]21)C(=O)OCC.S.S. The molecule has 164 valence electrons. The highest BCUT2D eigenvalue weighted by Gasteiger charge is 2.48. The number of rotatable bonds is 8. The van der Waals surface area contributed by atoms with Crippen LogP contribution in [0.4, 0.5) is 0 Å². The van der Waals surface area contributed by atoms with Crippen molar-refractivity contribution >= 4 is 44.8 Å². The van der Waals surface area contributed by atoms with E-state index in [1.165, 1.54) is 0 Å². The third kappa shape index (κ3) is 6.29. The molecule has 1 aliphatic heterocycles. The number of carbonyl (C=O) groups is 3. The van der Waals surface area contributed by atoms with E-state index in [1.807, 2.05) is 6.92 Å². The van der Waals surface area contributed by atoms with Gasteiger partial charge >= 0.3 is 11.9 Å². The van der Waals surface area contributed by atoms with Gasteiger partial charge in [-0.15, -0.1) is 0 Å². The summed E-state index contributed by atoms with van der Waals surface area (Å²) in [6.07, 6.45) is 5.87. The van der Waals surface area contributed by atoms with Crippen LogP contribution >= 0.6 is 27.0 Å². The van der Waals surface area contributed by atoms with Gasteiger partial charge in [-0.2, -0.15) is 27.0 Å². The lowest BCUT2D eigenvalue weighted by Crippen LogP contribution is -2.55. The Labute approximate surface area is 181 Å². The van der Waals surface area contributed by atoms with E-state index >= 15 is 0 Å². The number of carboxylic acids is 1. The smallest absolute Gasteiger partial charge is 0.326 e. The Balaban J connectivity index is 0.00000364. The quantitative estimate of drug-likeness (QED) is 0.566. The number of ether oxygens (including phenoxy) is 1. The van der Waals surface area contributed by atoms with Crippen LogP contribution in [0.15, 0.2) is 0 Å². The van der Waals surface area contributed by atoms with Crippen molar-refractivity contribution in [3.63, 3.8) is 0 Å². The summed E-state index contributed by atoms with van der Waals surface area (Å²) in [5.74, 6) is -1.24. The van der Waals surface area contributed by atoms with Crippen molar-refractivity contribution in [1.29, 1.82) is 0 Å². The number of fused-ring (bicyclic) bond motifs is 1. The number of hydrogen-bond acceptors (Lipinski definition) is 5. The zero-order valence-electron chi connectivity index (χ0n) is 17.1. The van der Waals surface area contributed by atoms with Gasteiger partial charge in [0, 0.05) is 6.04 Å². The maximum absolute atomic E-state index is 13.1. The Morgan fingerprint density at radius 3 is 2.39 bits per heavy atom. The van der Waals surface area contributed by atoms with E-state index in [0.29, 0.717) is 19.4 Å². The topological polar surface area (TPSA) is 95.9 Å². The number of carbonyl (C=O) groups excluding carboxylic acids is 2. The van der Waals surface area contributed by atoms with Gasteiger partial charge in [0.05, 0.1) is 12.6 Å². The predicted molar refractivity (Wildman–Crippen MR) is 117 cm³/mol. The van der Waals surface area contributed by atoms with Crippen LogP contribution in [0.2, 0.25) is 0 Å². The molecule has 0 aromatic carbocycles. The van der Waals surface area contributed by atoms with Crippen molar-refractivity contribution in [1.82, 2.24) is 10.2 Å². The molecule has 1 saturated heterocycles. The summed E-state index contributed by atoms with van der Waals surface area (Å²) in [6, 6.07) is -1.92. The molecule has 0 spiro atoms. The van der Waals surface area contributed by atoms with Gasteiger partial charge in [0.2, 0.25) is 5.91 Å². The molecule has 2 rings (SSSR count). The first kappa shape index (κ1) is 27.1. The van der Waals surface area contributed by atoms with Gasteiger partial charge in [0.1, 0.15) is 12.1 Å². The Kier molecular flexibility index (Phi) is 12.2. The second-order valence-electron chi connectivity index (χ2n) is 7.43. The van der Waals surface area contributed by atoms with E-state index < -0.39 is 24.1 Å². The van der Waals surface area contributed by atoms with Crippen LogP contribution in [-0.2, 0) is 19.1 Å². The van der Waals surface area contributed by atoms with E-state index in [1.54, 1.807) is 18.7 Å². The molecule has 2 aliphatic rings. The minimum atomic E-state index is -0.935. The van der Waals surface area contributed by atoms with Gasteiger partial charge in [-0.1, -0.05) is 26.2 Å². The summed E-state index contributed by atoms with van der Waals surface area (Å²) in [7, 11) is 0. The Morgan fingerprint density at radius 1 is 1.18 bits per heavy atom. The highest BCUT2D eigenvalue weighted by molar-refractivity contribution is 7.59. The zero-order chi connectivity index (χ0) is 19.3. The Hall–Kier alpha value is -0.930. The first-order chi connectivity index (χ1) is 12.4. The lowest BCUT2D eigenvalue weighted by molar-refractivity contribution is -0.152. The second-order valence-corrected chi connectivity index (χ2v) is 7.43. The molecule has 1 aliphatic carbocycles. The largest absolute Gasteiger partial charge is 0.480 e. The van der Waals surface area contributed by atoms with Crippen LogP contribution in [0, 0.1) is 5.92 Å². The fourth-order valence-electron chi connectivity index (χ4n) is 4.39. The highest BCUT2D eigenvalue weighted by atomic mass is 32.1. The molecule has 28 heavy (non-hydrogen) atoms. The van der Waals surface area contributed by atoms with Crippen LogP contribution < -0.4 is 5.32 Å². The average molecular weight is 437 g/mol. The fraction of sp³-hybridized carbons (Fsp3) is 0.842. The van der Waals surface area contributed by atoms with Crippen LogP contribution in [0.5, 0.6) is 0 Å². The molecule has 1 saturated carbocycles. The van der Waals surface area contributed by atoms with Crippen LogP contribution in [0.3, 0.4) is 0 Å². The number of hydrogen-bond donors (Lipinski definition) is 2. The number of esters is 1.